The highest BCUT2D eigenvalue weighted by Crippen LogP contribution is 2.27. The van der Waals surface area contributed by atoms with Gasteiger partial charge in [-0.05, 0) is 19.8 Å². The molecule has 4 heteroatoms. The number of alkyl halides is 1. The molecule has 1 aromatic heterocycles. The van der Waals surface area contributed by atoms with Gasteiger partial charge in [0.05, 0.1) is 0 Å². The fraction of sp³-hybridized carbons (Fsp3) is 0.556. The molecule has 0 radical (unpaired) electrons. The zero-order chi connectivity index (χ0) is 9.26. The molecule has 13 heavy (non-hydrogen) atoms. The maximum absolute atomic E-state index is 13.0. The summed E-state index contributed by atoms with van der Waals surface area (Å²) in [6.07, 6.45) is 2.99. The Balaban J connectivity index is 2.21. The van der Waals surface area contributed by atoms with Crippen LogP contribution in [0.25, 0.3) is 5.57 Å². The van der Waals surface area contributed by atoms with E-state index in [1.54, 1.807) is 6.92 Å². The summed E-state index contributed by atoms with van der Waals surface area (Å²) in [6.45, 7) is 1.75. The van der Waals surface area contributed by atoms with Crippen LogP contribution in [0, 0.1) is 6.92 Å². The molecule has 0 saturated carbocycles. The lowest BCUT2D eigenvalue weighted by Crippen LogP contribution is -2.06. The first kappa shape index (κ1) is 8.41. The van der Waals surface area contributed by atoms with Gasteiger partial charge in [0.25, 0.3) is 5.89 Å². The van der Waals surface area contributed by atoms with Gasteiger partial charge < -0.3 is 4.52 Å². The number of allylic oxidation sites excluding steroid dienone is 2. The second-order valence-electron chi connectivity index (χ2n) is 3.25. The van der Waals surface area contributed by atoms with E-state index < -0.39 is 6.17 Å². The lowest BCUT2D eigenvalue weighted by molar-refractivity contribution is 0.311. The Bertz CT molecular complexity index is 332. The lowest BCUT2D eigenvalue weighted by Gasteiger charge is -2.12. The van der Waals surface area contributed by atoms with Gasteiger partial charge in [0.15, 0.2) is 5.82 Å². The van der Waals surface area contributed by atoms with Crippen LogP contribution in [0.4, 0.5) is 4.39 Å². The Hall–Kier alpha value is -1.19. The topological polar surface area (TPSA) is 38.9 Å². The number of aromatic nitrogens is 2. The van der Waals surface area contributed by atoms with Crippen LogP contribution in [0.3, 0.4) is 0 Å². The fourth-order valence-corrected chi connectivity index (χ4v) is 1.46. The number of aryl methyl sites for hydroxylation is 1. The average Bonchev–Trinajstić information content (AvgIpc) is 2.52. The predicted molar refractivity (Wildman–Crippen MR) is 45.8 cm³/mol. The van der Waals surface area contributed by atoms with Gasteiger partial charge in [-0.3, -0.25) is 0 Å². The summed E-state index contributed by atoms with van der Waals surface area (Å²) in [5, 5.41) is 3.67. The fourth-order valence-electron chi connectivity index (χ4n) is 1.46. The molecule has 0 aliphatic heterocycles. The summed E-state index contributed by atoms with van der Waals surface area (Å²) >= 11 is 0. The molecule has 1 unspecified atom stereocenters. The summed E-state index contributed by atoms with van der Waals surface area (Å²) in [7, 11) is 0. The van der Waals surface area contributed by atoms with Crippen LogP contribution in [0.15, 0.2) is 10.6 Å². The van der Waals surface area contributed by atoms with E-state index >= 15 is 0 Å². The van der Waals surface area contributed by atoms with Gasteiger partial charge in [0.2, 0.25) is 0 Å². The van der Waals surface area contributed by atoms with E-state index in [9.17, 15) is 4.39 Å². The number of hydrogen-bond acceptors (Lipinski definition) is 3. The molecule has 70 valence electrons. The minimum atomic E-state index is -0.757. The number of nitrogens with zero attached hydrogens (tertiary/aromatic N) is 2. The predicted octanol–water partition coefficient (Wildman–Crippen LogP) is 2.28. The summed E-state index contributed by atoms with van der Waals surface area (Å²) in [5.74, 6) is 1.07. The molecular formula is C9H11FN2O. The second kappa shape index (κ2) is 3.28. The average molecular weight is 182 g/mol. The first-order chi connectivity index (χ1) is 6.25. The van der Waals surface area contributed by atoms with Crippen LogP contribution in [0.1, 0.15) is 31.0 Å². The highest BCUT2D eigenvalue weighted by Gasteiger charge is 2.19. The zero-order valence-corrected chi connectivity index (χ0v) is 7.46. The van der Waals surface area contributed by atoms with Gasteiger partial charge >= 0.3 is 0 Å². The molecular weight excluding hydrogens is 171 g/mol. The van der Waals surface area contributed by atoms with Gasteiger partial charge in [-0.25, -0.2) is 4.39 Å². The van der Waals surface area contributed by atoms with Crippen molar-refractivity contribution in [2.24, 2.45) is 0 Å². The zero-order valence-electron chi connectivity index (χ0n) is 7.46. The molecule has 0 bridgehead atoms. The third-order valence-electron chi connectivity index (χ3n) is 2.11. The van der Waals surface area contributed by atoms with Crippen molar-refractivity contribution in [1.29, 1.82) is 0 Å². The van der Waals surface area contributed by atoms with Crippen LogP contribution < -0.4 is 0 Å². The Morgan fingerprint density at radius 1 is 1.62 bits per heavy atom. The lowest BCUT2D eigenvalue weighted by atomic mass is 9.98. The van der Waals surface area contributed by atoms with E-state index in [0.29, 0.717) is 24.6 Å². The van der Waals surface area contributed by atoms with Crippen molar-refractivity contribution in [3.05, 3.63) is 17.8 Å². The van der Waals surface area contributed by atoms with Gasteiger partial charge in [0, 0.05) is 12.0 Å². The standard InChI is InChI=1S/C9H11FN2O/c1-6-11-9(13-12-6)7-3-2-4-8(10)5-7/h3,8H,2,4-5H2,1H3. The van der Waals surface area contributed by atoms with E-state index in [1.165, 1.54) is 0 Å². The molecule has 3 nitrogen and oxygen atoms in total. The Morgan fingerprint density at radius 2 is 2.46 bits per heavy atom. The first-order valence-electron chi connectivity index (χ1n) is 4.39. The molecule has 0 saturated heterocycles. The van der Waals surface area contributed by atoms with Crippen molar-refractivity contribution in [3.63, 3.8) is 0 Å². The van der Waals surface area contributed by atoms with Crippen molar-refractivity contribution in [1.82, 2.24) is 10.1 Å². The second-order valence-corrected chi connectivity index (χ2v) is 3.25. The summed E-state index contributed by atoms with van der Waals surface area (Å²) in [6, 6.07) is 0. The molecule has 0 amide bonds. The smallest absolute Gasteiger partial charge is 0.253 e. The van der Waals surface area contributed by atoms with Gasteiger partial charge in [-0.1, -0.05) is 11.2 Å². The number of rotatable bonds is 1. The van der Waals surface area contributed by atoms with Crippen LogP contribution in [0.5, 0.6) is 0 Å². The molecule has 1 aromatic rings. The third-order valence-corrected chi connectivity index (χ3v) is 2.11. The van der Waals surface area contributed by atoms with Gasteiger partial charge in [0.1, 0.15) is 6.17 Å². The summed E-state index contributed by atoms with van der Waals surface area (Å²) in [5.41, 5.74) is 0.847. The molecule has 1 aliphatic carbocycles. The minimum absolute atomic E-state index is 0.404. The Kier molecular flexibility index (Phi) is 2.12. The maximum Gasteiger partial charge on any atom is 0.253 e. The molecule has 0 aromatic carbocycles. The SMILES string of the molecule is Cc1noc(C2=CCCC(F)C2)n1. The van der Waals surface area contributed by atoms with Crippen LogP contribution in [-0.4, -0.2) is 16.3 Å². The van der Waals surface area contributed by atoms with Crippen molar-refractivity contribution < 1.29 is 8.91 Å². The highest BCUT2D eigenvalue weighted by atomic mass is 19.1. The van der Waals surface area contributed by atoms with E-state index in [4.69, 9.17) is 4.52 Å². The van der Waals surface area contributed by atoms with Crippen LogP contribution in [-0.2, 0) is 0 Å². The Morgan fingerprint density at radius 3 is 3.08 bits per heavy atom. The quantitative estimate of drug-likeness (QED) is 0.668. The summed E-state index contributed by atoms with van der Waals surface area (Å²) < 4.78 is 18.0. The van der Waals surface area contributed by atoms with E-state index in [2.05, 4.69) is 10.1 Å². The monoisotopic (exact) mass is 182 g/mol. The van der Waals surface area contributed by atoms with Gasteiger partial charge in [-0.15, -0.1) is 0 Å². The Labute approximate surface area is 75.6 Å². The molecule has 0 N–H and O–H groups in total. The maximum atomic E-state index is 13.0. The minimum Gasteiger partial charge on any atom is -0.334 e. The van der Waals surface area contributed by atoms with E-state index in [-0.39, 0.29) is 0 Å². The van der Waals surface area contributed by atoms with Crippen molar-refractivity contribution in [3.8, 4) is 0 Å². The molecule has 1 heterocycles. The normalized spacial score (nSPS) is 22.9. The number of halogens is 1. The highest BCUT2D eigenvalue weighted by molar-refractivity contribution is 5.59. The molecule has 2 rings (SSSR count). The molecule has 1 atom stereocenters. The van der Waals surface area contributed by atoms with E-state index in [1.807, 2.05) is 6.08 Å². The molecule has 1 aliphatic rings. The van der Waals surface area contributed by atoms with Crippen LogP contribution >= 0.6 is 0 Å². The van der Waals surface area contributed by atoms with E-state index in [0.717, 1.165) is 12.0 Å². The van der Waals surface area contributed by atoms with Crippen molar-refractivity contribution >= 4 is 5.57 Å². The van der Waals surface area contributed by atoms with Gasteiger partial charge in [-0.2, -0.15) is 4.98 Å². The van der Waals surface area contributed by atoms with Crippen LogP contribution in [0.2, 0.25) is 0 Å². The summed E-state index contributed by atoms with van der Waals surface area (Å²) in [4.78, 5) is 4.06. The largest absolute Gasteiger partial charge is 0.334 e. The van der Waals surface area contributed by atoms with Crippen molar-refractivity contribution in [2.75, 3.05) is 0 Å². The molecule has 0 fully saturated rings. The number of hydrogen-bond donors (Lipinski definition) is 0. The third kappa shape index (κ3) is 1.76. The van der Waals surface area contributed by atoms with Crippen molar-refractivity contribution in [2.45, 2.75) is 32.4 Å². The molecule has 0 spiro atoms. The first-order valence-corrected chi connectivity index (χ1v) is 4.39.